The lowest BCUT2D eigenvalue weighted by Gasteiger charge is -2.34. The summed E-state index contributed by atoms with van der Waals surface area (Å²) >= 11 is 6.17. The number of methoxy groups -OCH3 is 1. The largest absolute Gasteiger partial charge is 0.495 e. The topological polar surface area (TPSA) is 53.5 Å². The van der Waals surface area contributed by atoms with Crippen LogP contribution in [0.2, 0.25) is 5.02 Å². The lowest BCUT2D eigenvalue weighted by Crippen LogP contribution is -2.46. The van der Waals surface area contributed by atoms with Crippen molar-refractivity contribution in [1.82, 2.24) is 14.9 Å². The number of piperazine rings is 1. The molecule has 1 aliphatic rings. The third-order valence-electron chi connectivity index (χ3n) is 4.54. The van der Waals surface area contributed by atoms with Crippen LogP contribution in [0.1, 0.15) is 12.5 Å². The molecule has 2 heterocycles. The second-order valence-electron chi connectivity index (χ2n) is 6.11. The molecule has 0 atom stereocenters. The molecule has 1 fully saturated rings. The minimum Gasteiger partial charge on any atom is -0.495 e. The molecule has 7 heteroatoms. The summed E-state index contributed by atoms with van der Waals surface area (Å²) in [6.45, 7) is 9.35. The lowest BCUT2D eigenvalue weighted by molar-refractivity contribution is 0.270. The van der Waals surface area contributed by atoms with Gasteiger partial charge in [0.05, 0.1) is 12.8 Å². The van der Waals surface area contributed by atoms with Crippen LogP contribution in [0, 0.1) is 6.92 Å². The number of hydrogen-bond acceptors (Lipinski definition) is 6. The molecule has 1 saturated heterocycles. The van der Waals surface area contributed by atoms with Gasteiger partial charge in [0, 0.05) is 43.3 Å². The van der Waals surface area contributed by atoms with Gasteiger partial charge in [0.2, 0.25) is 0 Å². The zero-order valence-electron chi connectivity index (χ0n) is 14.9. The van der Waals surface area contributed by atoms with E-state index in [0.717, 1.165) is 55.6 Å². The highest BCUT2D eigenvalue weighted by molar-refractivity contribution is 6.31. The molecule has 0 spiro atoms. The van der Waals surface area contributed by atoms with Crippen LogP contribution in [-0.4, -0.2) is 54.7 Å². The first kappa shape index (κ1) is 17.8. The smallest absolute Gasteiger partial charge is 0.143 e. The molecule has 1 aliphatic heterocycles. The van der Waals surface area contributed by atoms with Gasteiger partial charge in [-0.15, -0.1) is 0 Å². The summed E-state index contributed by atoms with van der Waals surface area (Å²) in [5.41, 5.74) is 1.82. The number of likely N-dealkylation sites (N-methyl/N-ethyl adjacent to an activating group) is 1. The average Bonchev–Trinajstić information content (AvgIpc) is 2.65. The van der Waals surface area contributed by atoms with Crippen LogP contribution in [0.15, 0.2) is 24.5 Å². The molecule has 1 N–H and O–H groups in total. The Morgan fingerprint density at radius 1 is 1.16 bits per heavy atom. The number of halogens is 1. The Labute approximate surface area is 153 Å². The normalized spacial score (nSPS) is 15.3. The maximum Gasteiger partial charge on any atom is 0.143 e. The van der Waals surface area contributed by atoms with Gasteiger partial charge in [0.25, 0.3) is 0 Å². The molecule has 0 bridgehead atoms. The van der Waals surface area contributed by atoms with Gasteiger partial charge < -0.3 is 19.9 Å². The molecule has 0 saturated carbocycles. The van der Waals surface area contributed by atoms with Crippen molar-refractivity contribution in [3.8, 4) is 5.75 Å². The van der Waals surface area contributed by atoms with Crippen molar-refractivity contribution >= 4 is 28.9 Å². The van der Waals surface area contributed by atoms with E-state index < -0.39 is 0 Å². The van der Waals surface area contributed by atoms with E-state index in [2.05, 4.69) is 32.0 Å². The number of aromatic nitrogens is 2. The minimum absolute atomic E-state index is 0.680. The fraction of sp³-hybridized carbons (Fsp3) is 0.444. The molecule has 2 aromatic rings. The number of anilines is 3. The van der Waals surface area contributed by atoms with Crippen molar-refractivity contribution in [1.29, 1.82) is 0 Å². The summed E-state index contributed by atoms with van der Waals surface area (Å²) in [5, 5.41) is 4.00. The predicted molar refractivity (Wildman–Crippen MR) is 102 cm³/mol. The Kier molecular flexibility index (Phi) is 5.60. The van der Waals surface area contributed by atoms with Crippen LogP contribution in [0.3, 0.4) is 0 Å². The van der Waals surface area contributed by atoms with Gasteiger partial charge >= 0.3 is 0 Å². The summed E-state index contributed by atoms with van der Waals surface area (Å²) < 4.78 is 5.42. The molecule has 25 heavy (non-hydrogen) atoms. The van der Waals surface area contributed by atoms with E-state index in [9.17, 15) is 0 Å². The maximum absolute atomic E-state index is 6.17. The molecule has 0 radical (unpaired) electrons. The number of nitrogens with one attached hydrogen (secondary N) is 1. The minimum atomic E-state index is 0.680. The summed E-state index contributed by atoms with van der Waals surface area (Å²) in [7, 11) is 1.63. The molecular weight excluding hydrogens is 338 g/mol. The van der Waals surface area contributed by atoms with E-state index >= 15 is 0 Å². The van der Waals surface area contributed by atoms with Crippen molar-refractivity contribution in [3.63, 3.8) is 0 Å². The molecule has 6 nitrogen and oxygen atoms in total. The second kappa shape index (κ2) is 7.89. The Morgan fingerprint density at radius 2 is 1.92 bits per heavy atom. The molecule has 0 aliphatic carbocycles. The van der Waals surface area contributed by atoms with Gasteiger partial charge in [-0.25, -0.2) is 9.97 Å². The number of nitrogens with zero attached hydrogens (tertiary/aromatic N) is 4. The highest BCUT2D eigenvalue weighted by Gasteiger charge is 2.17. The number of aryl methyl sites for hydroxylation is 1. The highest BCUT2D eigenvalue weighted by Crippen LogP contribution is 2.33. The van der Waals surface area contributed by atoms with E-state index in [-0.39, 0.29) is 0 Å². The van der Waals surface area contributed by atoms with Crippen molar-refractivity contribution in [3.05, 3.63) is 35.1 Å². The van der Waals surface area contributed by atoms with E-state index in [0.29, 0.717) is 10.8 Å². The van der Waals surface area contributed by atoms with Gasteiger partial charge in [-0.05, 0) is 25.1 Å². The number of benzene rings is 1. The zero-order valence-corrected chi connectivity index (χ0v) is 15.7. The fourth-order valence-electron chi connectivity index (χ4n) is 2.95. The van der Waals surface area contributed by atoms with E-state index in [1.54, 1.807) is 13.4 Å². The van der Waals surface area contributed by atoms with E-state index in [4.69, 9.17) is 16.3 Å². The number of hydrogen-bond donors (Lipinski definition) is 1. The molecule has 0 unspecified atom stereocenters. The van der Waals surface area contributed by atoms with Crippen LogP contribution >= 0.6 is 11.6 Å². The summed E-state index contributed by atoms with van der Waals surface area (Å²) in [5.74, 6) is 2.37. The van der Waals surface area contributed by atoms with Crippen LogP contribution in [0.5, 0.6) is 5.75 Å². The standard InChI is InChI=1S/C18H24ClN5O/c1-4-23-5-7-24(8-6-23)18-11-17(20-12-21-18)22-15-9-13(2)14(19)10-16(15)25-3/h9-12H,4-8H2,1-3H3,(H,20,21,22). The van der Waals surface area contributed by atoms with Crippen molar-refractivity contribution < 1.29 is 4.74 Å². The second-order valence-corrected chi connectivity index (χ2v) is 6.52. The SMILES string of the molecule is CCN1CCN(c2cc(Nc3cc(C)c(Cl)cc3OC)ncn2)CC1. The Balaban J connectivity index is 1.78. The third-order valence-corrected chi connectivity index (χ3v) is 4.95. The number of ether oxygens (including phenoxy) is 1. The van der Waals surface area contributed by atoms with Gasteiger partial charge in [-0.2, -0.15) is 0 Å². The first-order chi connectivity index (χ1) is 12.1. The van der Waals surface area contributed by atoms with Crippen molar-refractivity contribution in [2.45, 2.75) is 13.8 Å². The predicted octanol–water partition coefficient (Wildman–Crippen LogP) is 3.33. The fourth-order valence-corrected chi connectivity index (χ4v) is 3.10. The first-order valence-electron chi connectivity index (χ1n) is 8.51. The van der Waals surface area contributed by atoms with Crippen LogP contribution in [0.25, 0.3) is 0 Å². The molecule has 3 rings (SSSR count). The first-order valence-corrected chi connectivity index (χ1v) is 8.89. The third kappa shape index (κ3) is 4.14. The summed E-state index contributed by atoms with van der Waals surface area (Å²) in [6.07, 6.45) is 1.60. The monoisotopic (exact) mass is 361 g/mol. The Morgan fingerprint density at radius 3 is 2.60 bits per heavy atom. The molecule has 1 aromatic carbocycles. The Bertz CT molecular complexity index is 731. The summed E-state index contributed by atoms with van der Waals surface area (Å²) in [6, 6.07) is 5.75. The van der Waals surface area contributed by atoms with Gasteiger partial charge in [-0.3, -0.25) is 0 Å². The van der Waals surface area contributed by atoms with Crippen LogP contribution in [-0.2, 0) is 0 Å². The lowest BCUT2D eigenvalue weighted by atomic mass is 10.2. The summed E-state index contributed by atoms with van der Waals surface area (Å²) in [4.78, 5) is 13.5. The van der Waals surface area contributed by atoms with Gasteiger partial charge in [-0.1, -0.05) is 18.5 Å². The van der Waals surface area contributed by atoms with Crippen molar-refractivity contribution in [2.24, 2.45) is 0 Å². The zero-order chi connectivity index (χ0) is 17.8. The molecule has 0 amide bonds. The highest BCUT2D eigenvalue weighted by atomic mass is 35.5. The molecular formula is C18H24ClN5O. The van der Waals surface area contributed by atoms with E-state index in [1.165, 1.54) is 0 Å². The van der Waals surface area contributed by atoms with Gasteiger partial charge in [0.1, 0.15) is 23.7 Å². The van der Waals surface area contributed by atoms with E-state index in [1.807, 2.05) is 25.1 Å². The number of rotatable bonds is 5. The average molecular weight is 362 g/mol. The maximum atomic E-state index is 6.17. The van der Waals surface area contributed by atoms with Gasteiger partial charge in [0.15, 0.2) is 0 Å². The molecule has 1 aromatic heterocycles. The quantitative estimate of drug-likeness (QED) is 0.881. The van der Waals surface area contributed by atoms with Crippen LogP contribution < -0.4 is 15.0 Å². The Hall–Kier alpha value is -2.05. The van der Waals surface area contributed by atoms with Crippen molar-refractivity contribution in [2.75, 3.05) is 50.1 Å². The molecule has 134 valence electrons. The van der Waals surface area contributed by atoms with Crippen LogP contribution in [0.4, 0.5) is 17.3 Å².